The van der Waals surface area contributed by atoms with E-state index < -0.39 is 0 Å². The highest BCUT2D eigenvalue weighted by Crippen LogP contribution is 2.31. The van der Waals surface area contributed by atoms with Gasteiger partial charge >= 0.3 is 0 Å². The number of rotatable bonds is 3. The van der Waals surface area contributed by atoms with Crippen LogP contribution in [0.2, 0.25) is 0 Å². The van der Waals surface area contributed by atoms with Crippen molar-refractivity contribution in [2.75, 3.05) is 0 Å². The first-order valence-electron chi connectivity index (χ1n) is 10.2. The molecule has 2 aromatic heterocycles. The summed E-state index contributed by atoms with van der Waals surface area (Å²) in [5.41, 5.74) is 6.50. The van der Waals surface area contributed by atoms with Crippen molar-refractivity contribution in [3.05, 3.63) is 108 Å². The molecule has 5 heteroatoms. The summed E-state index contributed by atoms with van der Waals surface area (Å²) in [6.07, 6.45) is 5.68. The third-order valence-corrected chi connectivity index (χ3v) is 5.65. The Bertz CT molecular complexity index is 1590. The molecule has 0 fully saturated rings. The van der Waals surface area contributed by atoms with Gasteiger partial charge in [0.1, 0.15) is 0 Å². The van der Waals surface area contributed by atoms with Gasteiger partial charge in [-0.15, -0.1) is 0 Å². The van der Waals surface area contributed by atoms with Crippen LogP contribution in [0.3, 0.4) is 0 Å². The lowest BCUT2D eigenvalue weighted by Crippen LogP contribution is -1.93. The summed E-state index contributed by atoms with van der Waals surface area (Å²) in [6, 6.07) is 29.3. The minimum Gasteiger partial charge on any atom is -0.316 e. The van der Waals surface area contributed by atoms with Gasteiger partial charge in [0.15, 0.2) is 0 Å². The molecule has 33 heavy (non-hydrogen) atoms. The van der Waals surface area contributed by atoms with Crippen molar-refractivity contribution >= 4 is 10.9 Å². The van der Waals surface area contributed by atoms with E-state index >= 15 is 0 Å². The molecule has 0 spiro atoms. The molecule has 0 aliphatic carbocycles. The van der Waals surface area contributed by atoms with Gasteiger partial charge < -0.3 is 4.57 Å². The summed E-state index contributed by atoms with van der Waals surface area (Å²) in [4.78, 5) is 4.17. The van der Waals surface area contributed by atoms with E-state index in [1.807, 2.05) is 54.9 Å². The molecule has 0 unspecified atom stereocenters. The van der Waals surface area contributed by atoms with Crippen LogP contribution in [0.15, 0.2) is 91.4 Å². The van der Waals surface area contributed by atoms with Gasteiger partial charge in [0, 0.05) is 35.2 Å². The molecule has 0 aliphatic heterocycles. The molecular formula is C28H15N5. The van der Waals surface area contributed by atoms with Gasteiger partial charge in [0.2, 0.25) is 0 Å². The van der Waals surface area contributed by atoms with Crippen LogP contribution in [0.1, 0.15) is 16.7 Å². The standard InChI is InChI=1S/C28H15N5/c29-15-19-13-24(16-30)28(25(14-19)17-31)22-3-1-20(2-4-22)21-5-7-26(8-6-21)33-12-10-23-18-32-11-9-27(23)33/h1-14,18H. The number of nitrogens with zero attached hydrogens (tertiary/aromatic N) is 5. The molecular weight excluding hydrogens is 406 g/mol. The van der Waals surface area contributed by atoms with E-state index in [4.69, 9.17) is 5.26 Å². The maximum absolute atomic E-state index is 9.55. The summed E-state index contributed by atoms with van der Waals surface area (Å²) in [5.74, 6) is 0. The van der Waals surface area contributed by atoms with E-state index in [1.165, 1.54) is 12.1 Å². The van der Waals surface area contributed by atoms with Crippen molar-refractivity contribution in [2.24, 2.45) is 0 Å². The summed E-state index contributed by atoms with van der Waals surface area (Å²) < 4.78 is 2.13. The van der Waals surface area contributed by atoms with Crippen molar-refractivity contribution in [2.45, 2.75) is 0 Å². The molecule has 0 saturated carbocycles. The normalized spacial score (nSPS) is 10.3. The molecule has 0 aliphatic rings. The zero-order valence-electron chi connectivity index (χ0n) is 17.4. The number of hydrogen-bond donors (Lipinski definition) is 0. The van der Waals surface area contributed by atoms with Crippen LogP contribution in [-0.2, 0) is 0 Å². The Morgan fingerprint density at radius 2 is 1.27 bits per heavy atom. The number of pyridine rings is 1. The van der Waals surface area contributed by atoms with Crippen molar-refractivity contribution in [3.8, 4) is 46.1 Å². The maximum Gasteiger partial charge on any atom is 0.0999 e. The number of benzene rings is 3. The highest BCUT2D eigenvalue weighted by atomic mass is 15.0. The zero-order chi connectivity index (χ0) is 22.8. The molecule has 5 rings (SSSR count). The molecule has 0 saturated heterocycles. The SMILES string of the molecule is N#Cc1cc(C#N)c(-c2ccc(-c3ccc(-n4ccc5cnccc54)cc3)cc2)c(C#N)c1. The van der Waals surface area contributed by atoms with E-state index in [9.17, 15) is 10.5 Å². The Labute approximate surface area is 190 Å². The second-order valence-electron chi connectivity index (χ2n) is 7.53. The van der Waals surface area contributed by atoms with Crippen molar-refractivity contribution in [3.63, 3.8) is 0 Å². The van der Waals surface area contributed by atoms with Crippen LogP contribution < -0.4 is 0 Å². The molecule has 0 N–H and O–H groups in total. The van der Waals surface area contributed by atoms with Gasteiger partial charge in [-0.2, -0.15) is 15.8 Å². The fourth-order valence-electron chi connectivity index (χ4n) is 4.05. The quantitative estimate of drug-likeness (QED) is 0.359. The molecule has 2 heterocycles. The fourth-order valence-corrected chi connectivity index (χ4v) is 4.05. The first kappa shape index (κ1) is 19.8. The van der Waals surface area contributed by atoms with Crippen molar-refractivity contribution in [1.82, 2.24) is 9.55 Å². The second-order valence-corrected chi connectivity index (χ2v) is 7.53. The number of hydrogen-bond acceptors (Lipinski definition) is 4. The maximum atomic E-state index is 9.55. The van der Waals surface area contributed by atoms with Crippen molar-refractivity contribution in [1.29, 1.82) is 15.8 Å². The second kappa shape index (κ2) is 8.16. The van der Waals surface area contributed by atoms with Crippen LogP contribution in [0.25, 0.3) is 38.8 Å². The molecule has 0 radical (unpaired) electrons. The third-order valence-electron chi connectivity index (χ3n) is 5.65. The summed E-state index contributed by atoms with van der Waals surface area (Å²) >= 11 is 0. The Morgan fingerprint density at radius 3 is 1.88 bits per heavy atom. The lowest BCUT2D eigenvalue weighted by Gasteiger charge is -2.10. The van der Waals surface area contributed by atoms with Gasteiger partial charge in [-0.25, -0.2) is 0 Å². The molecule has 152 valence electrons. The lowest BCUT2D eigenvalue weighted by molar-refractivity contribution is 1.13. The van der Waals surface area contributed by atoms with Crippen LogP contribution in [-0.4, -0.2) is 9.55 Å². The van der Waals surface area contributed by atoms with Gasteiger partial charge in [0.25, 0.3) is 0 Å². The Morgan fingerprint density at radius 1 is 0.667 bits per heavy atom. The predicted molar refractivity (Wildman–Crippen MR) is 126 cm³/mol. The average Bonchev–Trinajstić information content (AvgIpc) is 3.32. The van der Waals surface area contributed by atoms with Crippen molar-refractivity contribution < 1.29 is 0 Å². The largest absolute Gasteiger partial charge is 0.316 e. The third kappa shape index (κ3) is 3.49. The van der Waals surface area contributed by atoms with Gasteiger partial charge in [-0.1, -0.05) is 36.4 Å². The summed E-state index contributed by atoms with van der Waals surface area (Å²) in [7, 11) is 0. The Balaban J connectivity index is 1.48. The zero-order valence-corrected chi connectivity index (χ0v) is 17.4. The van der Waals surface area contributed by atoms with E-state index in [0.29, 0.717) is 22.3 Å². The summed E-state index contributed by atoms with van der Waals surface area (Å²) in [5, 5.41) is 29.3. The monoisotopic (exact) mass is 421 g/mol. The Hall–Kier alpha value is -5.18. The number of nitriles is 3. The smallest absolute Gasteiger partial charge is 0.0999 e. The van der Waals surface area contributed by atoms with Crippen LogP contribution in [0.4, 0.5) is 0 Å². The first-order chi connectivity index (χ1) is 16.2. The van der Waals surface area contributed by atoms with E-state index in [-0.39, 0.29) is 0 Å². The van der Waals surface area contributed by atoms with Gasteiger partial charge in [-0.3, -0.25) is 4.98 Å². The van der Waals surface area contributed by atoms with Gasteiger partial charge in [0.05, 0.1) is 40.4 Å². The minimum absolute atomic E-state index is 0.301. The lowest BCUT2D eigenvalue weighted by atomic mass is 9.92. The Kier molecular flexibility index (Phi) is 4.89. The average molecular weight is 421 g/mol. The fraction of sp³-hybridized carbons (Fsp3) is 0. The first-order valence-corrected chi connectivity index (χ1v) is 10.2. The molecule has 0 amide bonds. The topological polar surface area (TPSA) is 89.2 Å². The predicted octanol–water partition coefficient (Wildman–Crippen LogP) is 5.97. The van der Waals surface area contributed by atoms with Crippen LogP contribution in [0, 0.1) is 34.0 Å². The molecule has 3 aromatic carbocycles. The number of fused-ring (bicyclic) bond motifs is 1. The van der Waals surface area contributed by atoms with Gasteiger partial charge in [-0.05, 0) is 53.1 Å². The van der Waals surface area contributed by atoms with Crippen LogP contribution >= 0.6 is 0 Å². The minimum atomic E-state index is 0.301. The molecule has 0 atom stereocenters. The molecule has 5 aromatic rings. The highest BCUT2D eigenvalue weighted by molar-refractivity contribution is 5.82. The van der Waals surface area contributed by atoms with E-state index in [1.54, 1.807) is 6.20 Å². The van der Waals surface area contributed by atoms with E-state index in [0.717, 1.165) is 33.3 Å². The number of aromatic nitrogens is 2. The molecule has 0 bridgehead atoms. The van der Waals surface area contributed by atoms with E-state index in [2.05, 4.69) is 46.0 Å². The van der Waals surface area contributed by atoms with Crippen LogP contribution in [0.5, 0.6) is 0 Å². The summed E-state index contributed by atoms with van der Waals surface area (Å²) in [6.45, 7) is 0. The molecule has 5 nitrogen and oxygen atoms in total. The highest BCUT2D eigenvalue weighted by Gasteiger charge is 2.13.